The molecule has 3 aromatic rings. The maximum absolute atomic E-state index is 13.0. The van der Waals surface area contributed by atoms with Gasteiger partial charge in [-0.3, -0.25) is 4.79 Å². The average Bonchev–Trinajstić information content (AvgIpc) is 3.39. The minimum atomic E-state index is -3.66. The summed E-state index contributed by atoms with van der Waals surface area (Å²) < 4.78 is 54.7. The highest BCUT2D eigenvalue weighted by Crippen LogP contribution is 2.33. The van der Waals surface area contributed by atoms with Crippen molar-refractivity contribution in [3.63, 3.8) is 0 Å². The van der Waals surface area contributed by atoms with Crippen molar-refractivity contribution < 1.29 is 21.6 Å². The van der Waals surface area contributed by atoms with E-state index in [1.54, 1.807) is 29.6 Å². The molecule has 4 rings (SSSR count). The lowest BCUT2D eigenvalue weighted by molar-refractivity contribution is 0.0949. The van der Waals surface area contributed by atoms with Crippen LogP contribution in [0.5, 0.6) is 0 Å². The number of nitrogens with one attached hydrogen (secondary N) is 2. The first-order valence-electron chi connectivity index (χ1n) is 12.0. The smallest absolute Gasteiger partial charge is 0.270 e. The fourth-order valence-corrected chi connectivity index (χ4v) is 7.80. The van der Waals surface area contributed by atoms with Gasteiger partial charge in [-0.05, 0) is 56.5 Å². The van der Waals surface area contributed by atoms with E-state index >= 15 is 0 Å². The van der Waals surface area contributed by atoms with Crippen LogP contribution in [0.25, 0.3) is 0 Å². The SMILES string of the molecule is Cc1ccc(S(=O)(=O)NCCNC(=O)c2csc(C3CCN(S(=O)(=O)c4ccc(C)c(Cl)c4)CC3)n2)cc1. The summed E-state index contributed by atoms with van der Waals surface area (Å²) in [5.41, 5.74) is 2.04. The van der Waals surface area contributed by atoms with Crippen LogP contribution in [0.4, 0.5) is 0 Å². The second kappa shape index (κ2) is 11.8. The maximum atomic E-state index is 13.0. The molecule has 2 N–H and O–H groups in total. The van der Waals surface area contributed by atoms with E-state index < -0.39 is 26.0 Å². The van der Waals surface area contributed by atoms with E-state index in [-0.39, 0.29) is 34.5 Å². The summed E-state index contributed by atoms with van der Waals surface area (Å²) in [6.45, 7) is 4.54. The maximum Gasteiger partial charge on any atom is 0.270 e. The number of amides is 1. The minimum Gasteiger partial charge on any atom is -0.349 e. The van der Waals surface area contributed by atoms with Gasteiger partial charge in [0.2, 0.25) is 20.0 Å². The lowest BCUT2D eigenvalue weighted by Gasteiger charge is -2.30. The lowest BCUT2D eigenvalue weighted by Crippen LogP contribution is -2.38. The van der Waals surface area contributed by atoms with E-state index in [0.29, 0.717) is 31.0 Å². The number of hydrogen-bond donors (Lipinski definition) is 2. The van der Waals surface area contributed by atoms with Gasteiger partial charge in [-0.2, -0.15) is 4.31 Å². The van der Waals surface area contributed by atoms with E-state index in [2.05, 4.69) is 15.0 Å². The number of carbonyl (C=O) groups excluding carboxylic acids is 1. The standard InChI is InChI=1S/C25H29ClN4O5S3/c1-17-3-6-20(7-4-17)37(32,33)28-12-11-27-24(31)23-16-36-25(29-23)19-9-13-30(14-10-19)38(34,35)21-8-5-18(2)22(26)15-21/h3-8,15-16,19,28H,9-14H2,1-2H3,(H,27,31). The lowest BCUT2D eigenvalue weighted by atomic mass is 9.99. The Morgan fingerprint density at radius 3 is 2.34 bits per heavy atom. The minimum absolute atomic E-state index is 0.0398. The molecule has 0 bridgehead atoms. The molecule has 1 aliphatic heterocycles. The number of rotatable bonds is 9. The fourth-order valence-electron chi connectivity index (χ4n) is 4.06. The molecular weight excluding hydrogens is 568 g/mol. The molecule has 0 atom stereocenters. The zero-order valence-electron chi connectivity index (χ0n) is 21.0. The van der Waals surface area contributed by atoms with Crippen LogP contribution in [-0.4, -0.2) is 58.2 Å². The van der Waals surface area contributed by atoms with Crippen molar-refractivity contribution >= 4 is 48.9 Å². The topological polar surface area (TPSA) is 126 Å². The Morgan fingerprint density at radius 1 is 1.03 bits per heavy atom. The van der Waals surface area contributed by atoms with Gasteiger partial charge < -0.3 is 5.32 Å². The molecule has 1 saturated heterocycles. The van der Waals surface area contributed by atoms with Crippen LogP contribution >= 0.6 is 22.9 Å². The number of aromatic nitrogens is 1. The summed E-state index contributed by atoms with van der Waals surface area (Å²) in [6, 6.07) is 11.3. The Hall–Kier alpha value is -2.35. The third kappa shape index (κ3) is 6.61. The molecule has 2 heterocycles. The van der Waals surface area contributed by atoms with Crippen molar-refractivity contribution in [1.82, 2.24) is 19.3 Å². The molecule has 0 spiro atoms. The third-order valence-corrected chi connectivity index (χ3v) is 11.2. The molecule has 2 aromatic carbocycles. The van der Waals surface area contributed by atoms with Gasteiger partial charge in [-0.15, -0.1) is 11.3 Å². The van der Waals surface area contributed by atoms with Crippen LogP contribution in [-0.2, 0) is 20.0 Å². The molecule has 9 nitrogen and oxygen atoms in total. The molecule has 1 fully saturated rings. The van der Waals surface area contributed by atoms with Gasteiger partial charge in [-0.1, -0.05) is 35.4 Å². The van der Waals surface area contributed by atoms with Crippen molar-refractivity contribution in [3.8, 4) is 0 Å². The number of aryl methyl sites for hydroxylation is 2. The van der Waals surface area contributed by atoms with Gasteiger partial charge in [-0.25, -0.2) is 26.5 Å². The van der Waals surface area contributed by atoms with Gasteiger partial charge in [0.1, 0.15) is 5.69 Å². The first-order valence-corrected chi connectivity index (χ1v) is 16.2. The van der Waals surface area contributed by atoms with Crippen molar-refractivity contribution in [2.24, 2.45) is 0 Å². The van der Waals surface area contributed by atoms with Gasteiger partial charge in [0.25, 0.3) is 5.91 Å². The highest BCUT2D eigenvalue weighted by molar-refractivity contribution is 7.89. The summed E-state index contributed by atoms with van der Waals surface area (Å²) in [5.74, 6) is -0.339. The molecule has 13 heteroatoms. The second-order valence-corrected chi connectivity index (χ2v) is 14.1. The highest BCUT2D eigenvalue weighted by atomic mass is 35.5. The molecule has 0 unspecified atom stereocenters. The van der Waals surface area contributed by atoms with Crippen LogP contribution in [0, 0.1) is 13.8 Å². The van der Waals surface area contributed by atoms with Crippen LogP contribution in [0.1, 0.15) is 45.4 Å². The summed E-state index contributed by atoms with van der Waals surface area (Å²) in [4.78, 5) is 17.3. The largest absolute Gasteiger partial charge is 0.349 e. The number of carbonyl (C=O) groups is 1. The Balaban J connectivity index is 1.27. The van der Waals surface area contributed by atoms with Crippen LogP contribution in [0.2, 0.25) is 5.02 Å². The number of benzene rings is 2. The fraction of sp³-hybridized carbons (Fsp3) is 0.360. The number of hydrogen-bond acceptors (Lipinski definition) is 7. The highest BCUT2D eigenvalue weighted by Gasteiger charge is 2.31. The molecule has 1 aliphatic rings. The van der Waals surface area contributed by atoms with Gasteiger partial charge in [0.05, 0.1) is 14.8 Å². The van der Waals surface area contributed by atoms with Gasteiger partial charge in [0.15, 0.2) is 0 Å². The average molecular weight is 597 g/mol. The summed E-state index contributed by atoms with van der Waals surface area (Å²) in [6.07, 6.45) is 1.18. The van der Waals surface area contributed by atoms with E-state index in [1.807, 2.05) is 13.8 Å². The molecule has 38 heavy (non-hydrogen) atoms. The number of nitrogens with zero attached hydrogens (tertiary/aromatic N) is 2. The summed E-state index contributed by atoms with van der Waals surface area (Å²) in [7, 11) is -7.29. The van der Waals surface area contributed by atoms with E-state index in [1.165, 1.54) is 33.8 Å². The van der Waals surface area contributed by atoms with Crippen LogP contribution in [0.15, 0.2) is 57.6 Å². The second-order valence-electron chi connectivity index (χ2n) is 9.13. The van der Waals surface area contributed by atoms with E-state index in [4.69, 9.17) is 11.6 Å². The molecule has 1 amide bonds. The van der Waals surface area contributed by atoms with Gasteiger partial charge in [0, 0.05) is 42.5 Å². The zero-order chi connectivity index (χ0) is 27.5. The Labute approximate surface area is 232 Å². The zero-order valence-corrected chi connectivity index (χ0v) is 24.2. The van der Waals surface area contributed by atoms with Crippen molar-refractivity contribution in [2.75, 3.05) is 26.2 Å². The summed E-state index contributed by atoms with van der Waals surface area (Å²) in [5, 5.41) is 5.55. The predicted octanol–water partition coefficient (Wildman–Crippen LogP) is 3.69. The molecule has 204 valence electrons. The van der Waals surface area contributed by atoms with E-state index in [9.17, 15) is 21.6 Å². The van der Waals surface area contributed by atoms with Crippen molar-refractivity contribution in [2.45, 2.75) is 42.4 Å². The summed E-state index contributed by atoms with van der Waals surface area (Å²) >= 11 is 7.49. The molecule has 0 aliphatic carbocycles. The monoisotopic (exact) mass is 596 g/mol. The number of piperidine rings is 1. The predicted molar refractivity (Wildman–Crippen MR) is 148 cm³/mol. The molecule has 0 radical (unpaired) electrons. The van der Waals surface area contributed by atoms with Gasteiger partial charge >= 0.3 is 0 Å². The Morgan fingerprint density at radius 2 is 1.68 bits per heavy atom. The molecular formula is C25H29ClN4O5S3. The van der Waals surface area contributed by atoms with E-state index in [0.717, 1.165) is 16.1 Å². The number of sulfonamides is 2. The van der Waals surface area contributed by atoms with Crippen LogP contribution in [0.3, 0.4) is 0 Å². The Kier molecular flexibility index (Phi) is 8.90. The number of thiazole rings is 1. The molecule has 1 aromatic heterocycles. The first kappa shape index (κ1) is 28.7. The normalized spacial score (nSPS) is 15.4. The van der Waals surface area contributed by atoms with Crippen molar-refractivity contribution in [3.05, 3.63) is 74.7 Å². The quantitative estimate of drug-likeness (QED) is 0.363. The molecule has 0 saturated carbocycles. The van der Waals surface area contributed by atoms with Crippen LogP contribution < -0.4 is 10.0 Å². The number of halogens is 1. The first-order chi connectivity index (χ1) is 18.0. The third-order valence-electron chi connectivity index (χ3n) is 6.37. The van der Waals surface area contributed by atoms with Crippen molar-refractivity contribution in [1.29, 1.82) is 0 Å². The Bertz CT molecular complexity index is 1510.